The van der Waals surface area contributed by atoms with Gasteiger partial charge in [0.05, 0.1) is 5.75 Å². The molecule has 2 aromatic heterocycles. The first-order chi connectivity index (χ1) is 10.0. The highest BCUT2D eigenvalue weighted by molar-refractivity contribution is 7.99. The molecule has 0 radical (unpaired) electrons. The Kier molecular flexibility index (Phi) is 5.41. The SMILES string of the molecule is CCc1nnc(SCC(=O)O)n1C(C)Cc1ccc(C)s1. The third-order valence-electron chi connectivity index (χ3n) is 3.11. The van der Waals surface area contributed by atoms with Crippen LogP contribution < -0.4 is 0 Å². The molecular weight excluding hydrogens is 306 g/mol. The fraction of sp³-hybridized carbons (Fsp3) is 0.500. The number of thioether (sulfide) groups is 1. The smallest absolute Gasteiger partial charge is 0.313 e. The molecule has 2 heterocycles. The van der Waals surface area contributed by atoms with Gasteiger partial charge >= 0.3 is 5.97 Å². The molecule has 0 saturated carbocycles. The molecule has 0 amide bonds. The minimum absolute atomic E-state index is 0.00662. The quantitative estimate of drug-likeness (QED) is 0.792. The predicted molar refractivity (Wildman–Crippen MR) is 85.2 cm³/mol. The van der Waals surface area contributed by atoms with E-state index in [9.17, 15) is 4.79 Å². The van der Waals surface area contributed by atoms with Crippen molar-refractivity contribution in [1.82, 2.24) is 14.8 Å². The molecule has 2 aromatic rings. The van der Waals surface area contributed by atoms with Crippen LogP contribution >= 0.6 is 23.1 Å². The fourth-order valence-corrected chi connectivity index (χ4v) is 3.98. The largest absolute Gasteiger partial charge is 0.481 e. The maximum Gasteiger partial charge on any atom is 0.313 e. The van der Waals surface area contributed by atoms with Gasteiger partial charge in [-0.05, 0) is 26.0 Å². The van der Waals surface area contributed by atoms with Gasteiger partial charge in [0.1, 0.15) is 5.82 Å². The number of hydrogen-bond acceptors (Lipinski definition) is 5. The summed E-state index contributed by atoms with van der Waals surface area (Å²) in [5, 5.41) is 17.8. The van der Waals surface area contributed by atoms with Crippen LogP contribution in [0.4, 0.5) is 0 Å². The molecule has 2 rings (SSSR count). The standard InChI is InChI=1S/C14H19N3O2S2/c1-4-12-15-16-14(20-8-13(18)19)17(12)9(2)7-11-6-5-10(3)21-11/h5-6,9H,4,7-8H2,1-3H3,(H,18,19). The van der Waals surface area contributed by atoms with E-state index in [1.165, 1.54) is 21.5 Å². The average Bonchev–Trinajstić information content (AvgIpc) is 3.02. The Bertz CT molecular complexity index is 622. The van der Waals surface area contributed by atoms with Crippen molar-refractivity contribution in [3.05, 3.63) is 27.7 Å². The van der Waals surface area contributed by atoms with Crippen LogP contribution in [0.1, 0.15) is 35.5 Å². The van der Waals surface area contributed by atoms with Crippen LogP contribution in [0.25, 0.3) is 0 Å². The molecule has 0 aromatic carbocycles. The molecule has 1 N–H and O–H groups in total. The van der Waals surface area contributed by atoms with E-state index < -0.39 is 5.97 Å². The van der Waals surface area contributed by atoms with E-state index in [-0.39, 0.29) is 11.8 Å². The third kappa shape index (κ3) is 4.07. The Hall–Kier alpha value is -1.34. The Labute approximate surface area is 132 Å². The Morgan fingerprint density at radius 3 is 2.81 bits per heavy atom. The summed E-state index contributed by atoms with van der Waals surface area (Å²) in [7, 11) is 0. The Morgan fingerprint density at radius 2 is 2.24 bits per heavy atom. The van der Waals surface area contributed by atoms with Gasteiger partial charge in [-0.1, -0.05) is 18.7 Å². The molecule has 0 bridgehead atoms. The summed E-state index contributed by atoms with van der Waals surface area (Å²) in [6.45, 7) is 6.26. The lowest BCUT2D eigenvalue weighted by atomic mass is 10.2. The lowest BCUT2D eigenvalue weighted by Gasteiger charge is -2.16. The molecule has 21 heavy (non-hydrogen) atoms. The third-order valence-corrected chi connectivity index (χ3v) is 5.06. The highest BCUT2D eigenvalue weighted by Crippen LogP contribution is 2.26. The summed E-state index contributed by atoms with van der Waals surface area (Å²) in [6.07, 6.45) is 1.69. The van der Waals surface area contributed by atoms with Gasteiger partial charge in [-0.3, -0.25) is 4.79 Å². The predicted octanol–water partition coefficient (Wildman–Crippen LogP) is 3.19. The van der Waals surface area contributed by atoms with Gasteiger partial charge in [-0.15, -0.1) is 21.5 Å². The minimum Gasteiger partial charge on any atom is -0.481 e. The lowest BCUT2D eigenvalue weighted by Crippen LogP contribution is -2.13. The van der Waals surface area contributed by atoms with Crippen molar-refractivity contribution in [2.24, 2.45) is 0 Å². The fourth-order valence-electron chi connectivity index (χ4n) is 2.19. The first-order valence-electron chi connectivity index (χ1n) is 6.85. The van der Waals surface area contributed by atoms with Gasteiger partial charge in [0.2, 0.25) is 0 Å². The average molecular weight is 325 g/mol. The summed E-state index contributed by atoms with van der Waals surface area (Å²) in [4.78, 5) is 13.4. The Morgan fingerprint density at radius 1 is 1.48 bits per heavy atom. The number of carboxylic acids is 1. The van der Waals surface area contributed by atoms with E-state index in [0.29, 0.717) is 5.16 Å². The van der Waals surface area contributed by atoms with E-state index in [2.05, 4.69) is 40.7 Å². The van der Waals surface area contributed by atoms with Crippen LogP contribution in [0.3, 0.4) is 0 Å². The van der Waals surface area contributed by atoms with Crippen molar-refractivity contribution >= 4 is 29.1 Å². The first kappa shape index (κ1) is 16.0. The molecule has 7 heteroatoms. The molecule has 5 nitrogen and oxygen atoms in total. The number of thiophene rings is 1. The van der Waals surface area contributed by atoms with Gasteiger partial charge in [-0.2, -0.15) is 0 Å². The second-order valence-corrected chi connectivity index (χ2v) is 7.19. The van der Waals surface area contributed by atoms with E-state index in [0.717, 1.165) is 18.7 Å². The van der Waals surface area contributed by atoms with Crippen molar-refractivity contribution in [2.45, 2.75) is 44.8 Å². The van der Waals surface area contributed by atoms with Gasteiger partial charge in [0, 0.05) is 28.6 Å². The minimum atomic E-state index is -0.839. The zero-order valence-corrected chi connectivity index (χ0v) is 14.0. The van der Waals surface area contributed by atoms with Gasteiger partial charge < -0.3 is 9.67 Å². The summed E-state index contributed by atoms with van der Waals surface area (Å²) in [5.41, 5.74) is 0. The summed E-state index contributed by atoms with van der Waals surface area (Å²) >= 11 is 3.02. The van der Waals surface area contributed by atoms with Crippen molar-refractivity contribution < 1.29 is 9.90 Å². The van der Waals surface area contributed by atoms with Crippen molar-refractivity contribution in [2.75, 3.05) is 5.75 Å². The molecule has 0 fully saturated rings. The number of hydrogen-bond donors (Lipinski definition) is 1. The van der Waals surface area contributed by atoms with E-state index in [1.807, 2.05) is 6.92 Å². The molecule has 1 unspecified atom stereocenters. The zero-order valence-electron chi connectivity index (χ0n) is 12.4. The topological polar surface area (TPSA) is 68.0 Å². The number of rotatable bonds is 7. The normalized spacial score (nSPS) is 12.5. The molecule has 0 saturated heterocycles. The molecule has 0 aliphatic rings. The van der Waals surface area contributed by atoms with Crippen LogP contribution in [-0.2, 0) is 17.6 Å². The van der Waals surface area contributed by atoms with Gasteiger partial charge in [0.25, 0.3) is 0 Å². The molecular formula is C14H19N3O2S2. The number of aryl methyl sites for hydroxylation is 2. The number of carbonyl (C=O) groups is 1. The first-order valence-corrected chi connectivity index (χ1v) is 8.65. The monoisotopic (exact) mass is 325 g/mol. The van der Waals surface area contributed by atoms with Gasteiger partial charge in [-0.25, -0.2) is 0 Å². The highest BCUT2D eigenvalue weighted by Gasteiger charge is 2.18. The molecule has 0 spiro atoms. The van der Waals surface area contributed by atoms with Gasteiger partial charge in [0.15, 0.2) is 5.16 Å². The molecule has 114 valence electrons. The summed E-state index contributed by atoms with van der Waals surface area (Å²) in [5.74, 6) is 0.0740. The number of carboxylic acid groups (broad SMARTS) is 1. The number of nitrogens with zero attached hydrogens (tertiary/aromatic N) is 3. The maximum atomic E-state index is 10.7. The van der Waals surface area contributed by atoms with Crippen LogP contribution in [0, 0.1) is 6.92 Å². The van der Waals surface area contributed by atoms with Crippen molar-refractivity contribution in [1.29, 1.82) is 0 Å². The van der Waals surface area contributed by atoms with Crippen LogP contribution in [0.2, 0.25) is 0 Å². The summed E-state index contributed by atoms with van der Waals surface area (Å²) in [6, 6.07) is 4.49. The molecule has 0 aliphatic heterocycles. The van der Waals surface area contributed by atoms with Crippen molar-refractivity contribution in [3.63, 3.8) is 0 Å². The van der Waals surface area contributed by atoms with E-state index in [4.69, 9.17) is 5.11 Å². The van der Waals surface area contributed by atoms with Crippen LogP contribution in [-0.4, -0.2) is 31.6 Å². The van der Waals surface area contributed by atoms with E-state index >= 15 is 0 Å². The summed E-state index contributed by atoms with van der Waals surface area (Å²) < 4.78 is 2.07. The molecule has 1 atom stereocenters. The van der Waals surface area contributed by atoms with E-state index in [1.54, 1.807) is 11.3 Å². The highest BCUT2D eigenvalue weighted by atomic mass is 32.2. The second kappa shape index (κ2) is 7.09. The maximum absolute atomic E-state index is 10.7. The van der Waals surface area contributed by atoms with Crippen LogP contribution in [0.5, 0.6) is 0 Å². The number of aliphatic carboxylic acids is 1. The van der Waals surface area contributed by atoms with Crippen molar-refractivity contribution in [3.8, 4) is 0 Å². The Balaban J connectivity index is 2.19. The van der Waals surface area contributed by atoms with Crippen LogP contribution in [0.15, 0.2) is 17.3 Å². The lowest BCUT2D eigenvalue weighted by molar-refractivity contribution is -0.133. The number of aromatic nitrogens is 3. The second-order valence-electron chi connectivity index (χ2n) is 4.87. The zero-order chi connectivity index (χ0) is 15.4. The molecule has 0 aliphatic carbocycles.